The second-order valence-electron chi connectivity index (χ2n) is 9.23. The molecule has 0 unspecified atom stereocenters. The Labute approximate surface area is 225 Å². The van der Waals surface area contributed by atoms with Gasteiger partial charge in [0, 0.05) is 27.1 Å². The highest BCUT2D eigenvalue weighted by Crippen LogP contribution is 2.40. The number of aliphatic imine (C=N–C) groups is 1. The van der Waals surface area contributed by atoms with Crippen LogP contribution in [-0.4, -0.2) is 46.4 Å². The molecule has 1 atom stereocenters. The summed E-state index contributed by atoms with van der Waals surface area (Å²) in [7, 11) is 2.99. The van der Waals surface area contributed by atoms with Crippen molar-refractivity contribution in [2.24, 2.45) is 4.99 Å². The van der Waals surface area contributed by atoms with Gasteiger partial charge in [0.2, 0.25) is 0 Å². The largest absolute Gasteiger partial charge is 0.496 e. The van der Waals surface area contributed by atoms with Crippen molar-refractivity contribution in [3.63, 3.8) is 0 Å². The van der Waals surface area contributed by atoms with Crippen LogP contribution in [0.5, 0.6) is 5.75 Å². The molecule has 0 amide bonds. The van der Waals surface area contributed by atoms with E-state index in [1.165, 1.54) is 12.0 Å². The number of Topliss-reactive ketones (excluding diaryl/α,β-unsaturated/α-hetero) is 1. The molecule has 194 valence electrons. The first-order chi connectivity index (χ1) is 18.2. The fraction of sp³-hybridized carbons (Fsp3) is 0.276. The van der Waals surface area contributed by atoms with E-state index in [4.69, 9.17) is 14.5 Å². The molecule has 9 heteroatoms. The second kappa shape index (κ2) is 9.98. The SMILES string of the molecule is COC(=O)C[C@@H]1N=C(c2ccc(-c3cc(C(C)=O)ccc3OC)cc2)c2c(sc(C)c2C)-n2c(C)nnc21. The topological polar surface area (TPSA) is 95.7 Å². The van der Waals surface area contributed by atoms with Crippen molar-refractivity contribution in [3.05, 3.63) is 81.2 Å². The Kier molecular flexibility index (Phi) is 6.71. The summed E-state index contributed by atoms with van der Waals surface area (Å²) in [6.07, 6.45) is 0.0538. The molecule has 1 aliphatic rings. The zero-order valence-corrected chi connectivity index (χ0v) is 23.0. The monoisotopic (exact) mass is 528 g/mol. The fourth-order valence-corrected chi connectivity index (χ4v) is 5.94. The molecule has 0 saturated heterocycles. The van der Waals surface area contributed by atoms with Gasteiger partial charge in [0.1, 0.15) is 22.6 Å². The van der Waals surface area contributed by atoms with Crippen LogP contribution in [0.1, 0.15) is 63.0 Å². The van der Waals surface area contributed by atoms with Gasteiger partial charge < -0.3 is 9.47 Å². The minimum absolute atomic E-state index is 0.00638. The lowest BCUT2D eigenvalue weighted by atomic mass is 9.95. The number of carbonyl (C=O) groups excluding carboxylic acids is 2. The molecule has 5 rings (SSSR count). The summed E-state index contributed by atoms with van der Waals surface area (Å²) < 4.78 is 12.6. The second-order valence-corrected chi connectivity index (χ2v) is 10.4. The van der Waals surface area contributed by atoms with Gasteiger partial charge in [-0.05, 0) is 57.0 Å². The van der Waals surface area contributed by atoms with Gasteiger partial charge in [0.05, 0.1) is 26.4 Å². The number of thiophene rings is 1. The average Bonchev–Trinajstić information content (AvgIpc) is 3.40. The Bertz CT molecular complexity index is 1600. The number of benzene rings is 2. The first-order valence-corrected chi connectivity index (χ1v) is 13.0. The zero-order chi connectivity index (χ0) is 27.1. The number of rotatable bonds is 6. The van der Waals surface area contributed by atoms with Crippen LogP contribution < -0.4 is 4.74 Å². The third kappa shape index (κ3) is 4.32. The summed E-state index contributed by atoms with van der Waals surface area (Å²) in [6.45, 7) is 7.64. The van der Waals surface area contributed by atoms with E-state index >= 15 is 0 Å². The van der Waals surface area contributed by atoms with E-state index in [1.54, 1.807) is 31.4 Å². The van der Waals surface area contributed by atoms with Crippen molar-refractivity contribution in [1.82, 2.24) is 14.8 Å². The van der Waals surface area contributed by atoms with Gasteiger partial charge in [-0.2, -0.15) is 0 Å². The molecule has 0 saturated carbocycles. The minimum Gasteiger partial charge on any atom is -0.496 e. The maximum Gasteiger partial charge on any atom is 0.308 e. The lowest BCUT2D eigenvalue weighted by Crippen LogP contribution is -2.12. The summed E-state index contributed by atoms with van der Waals surface area (Å²) in [5.41, 5.74) is 6.20. The van der Waals surface area contributed by atoms with Crippen molar-refractivity contribution in [2.75, 3.05) is 14.2 Å². The number of ether oxygens (including phenoxy) is 2. The Balaban J connectivity index is 1.66. The third-order valence-corrected chi connectivity index (χ3v) is 8.09. The summed E-state index contributed by atoms with van der Waals surface area (Å²) in [5, 5.41) is 9.70. The van der Waals surface area contributed by atoms with Crippen LogP contribution in [0.15, 0.2) is 47.5 Å². The zero-order valence-electron chi connectivity index (χ0n) is 22.2. The van der Waals surface area contributed by atoms with Crippen LogP contribution in [0.2, 0.25) is 0 Å². The number of methoxy groups -OCH3 is 2. The molecule has 1 aliphatic heterocycles. The number of carbonyl (C=O) groups is 2. The molecule has 38 heavy (non-hydrogen) atoms. The highest BCUT2D eigenvalue weighted by molar-refractivity contribution is 7.15. The first kappa shape index (κ1) is 25.5. The number of ketones is 1. The van der Waals surface area contributed by atoms with Crippen LogP contribution in [0.3, 0.4) is 0 Å². The molecule has 0 N–H and O–H groups in total. The molecule has 0 spiro atoms. The molecule has 3 heterocycles. The van der Waals surface area contributed by atoms with Gasteiger partial charge in [0.25, 0.3) is 0 Å². The Morgan fingerprint density at radius 2 is 1.71 bits per heavy atom. The molecule has 0 bridgehead atoms. The van der Waals surface area contributed by atoms with Crippen LogP contribution in [0.25, 0.3) is 16.1 Å². The molecular formula is C29H28N4O4S. The van der Waals surface area contributed by atoms with E-state index in [0.717, 1.165) is 44.4 Å². The van der Waals surface area contributed by atoms with E-state index in [9.17, 15) is 9.59 Å². The Morgan fingerprint density at radius 1 is 1.00 bits per heavy atom. The predicted octanol–water partition coefficient (Wildman–Crippen LogP) is 5.59. The number of hydrogen-bond donors (Lipinski definition) is 0. The lowest BCUT2D eigenvalue weighted by Gasteiger charge is -2.13. The van der Waals surface area contributed by atoms with E-state index in [0.29, 0.717) is 17.1 Å². The highest BCUT2D eigenvalue weighted by Gasteiger charge is 2.32. The van der Waals surface area contributed by atoms with E-state index in [1.807, 2.05) is 47.9 Å². The molecule has 4 aromatic rings. The van der Waals surface area contributed by atoms with Gasteiger partial charge in [-0.15, -0.1) is 21.5 Å². The number of fused-ring (bicyclic) bond motifs is 3. The summed E-state index contributed by atoms with van der Waals surface area (Å²) >= 11 is 1.66. The quantitative estimate of drug-likeness (QED) is 0.239. The Morgan fingerprint density at radius 3 is 2.37 bits per heavy atom. The molecule has 8 nitrogen and oxygen atoms in total. The fourth-order valence-electron chi connectivity index (χ4n) is 4.73. The number of aryl methyl sites for hydroxylation is 2. The molecule has 0 radical (unpaired) electrons. The Hall–Kier alpha value is -4.11. The van der Waals surface area contributed by atoms with Gasteiger partial charge in [0.15, 0.2) is 11.6 Å². The van der Waals surface area contributed by atoms with E-state index in [2.05, 4.69) is 24.0 Å². The van der Waals surface area contributed by atoms with Gasteiger partial charge in [-0.25, -0.2) is 0 Å². The van der Waals surface area contributed by atoms with Crippen LogP contribution in [0, 0.1) is 20.8 Å². The third-order valence-electron chi connectivity index (χ3n) is 6.90. The van der Waals surface area contributed by atoms with Crippen LogP contribution in [-0.2, 0) is 9.53 Å². The number of aromatic nitrogens is 3. The first-order valence-electron chi connectivity index (χ1n) is 12.2. The average molecular weight is 529 g/mol. The van der Waals surface area contributed by atoms with Crippen LogP contribution >= 0.6 is 11.3 Å². The standard InChI is InChI=1S/C29H28N4O4S/c1-15-17(3)38-29-26(15)27(30-23(14-25(35)37-6)28-32-31-18(4)33(28)29)20-9-7-19(8-10-20)22-13-21(16(2)34)11-12-24(22)36-5/h7-13,23H,14H2,1-6H3/t23-/m0/s1. The molecule has 0 fully saturated rings. The number of hydrogen-bond acceptors (Lipinski definition) is 8. The van der Waals surface area contributed by atoms with Crippen LogP contribution in [0.4, 0.5) is 0 Å². The molecule has 2 aromatic heterocycles. The molecule has 0 aliphatic carbocycles. The summed E-state index contributed by atoms with van der Waals surface area (Å²) in [5.74, 6) is 1.67. The maximum atomic E-state index is 12.3. The van der Waals surface area contributed by atoms with E-state index in [-0.39, 0.29) is 18.2 Å². The molecular weight excluding hydrogens is 500 g/mol. The lowest BCUT2D eigenvalue weighted by molar-refractivity contribution is -0.141. The van der Waals surface area contributed by atoms with Crippen molar-refractivity contribution in [3.8, 4) is 21.9 Å². The normalized spacial score (nSPS) is 14.3. The van der Waals surface area contributed by atoms with Gasteiger partial charge in [-0.3, -0.25) is 19.1 Å². The summed E-state index contributed by atoms with van der Waals surface area (Å²) in [4.78, 5) is 30.6. The highest BCUT2D eigenvalue weighted by atomic mass is 32.1. The van der Waals surface area contributed by atoms with Gasteiger partial charge in [-0.1, -0.05) is 24.3 Å². The van der Waals surface area contributed by atoms with Crippen molar-refractivity contribution in [2.45, 2.75) is 40.2 Å². The van der Waals surface area contributed by atoms with Crippen molar-refractivity contribution < 1.29 is 19.1 Å². The van der Waals surface area contributed by atoms with Crippen molar-refractivity contribution >= 4 is 28.8 Å². The number of esters is 1. The predicted molar refractivity (Wildman–Crippen MR) is 147 cm³/mol. The number of nitrogens with zero attached hydrogens (tertiary/aromatic N) is 4. The van der Waals surface area contributed by atoms with E-state index < -0.39 is 6.04 Å². The maximum absolute atomic E-state index is 12.3. The molecule has 2 aromatic carbocycles. The van der Waals surface area contributed by atoms with Gasteiger partial charge >= 0.3 is 5.97 Å². The minimum atomic E-state index is -0.551. The summed E-state index contributed by atoms with van der Waals surface area (Å²) in [6, 6.07) is 12.9. The smallest absolute Gasteiger partial charge is 0.308 e. The van der Waals surface area contributed by atoms with Crippen molar-refractivity contribution in [1.29, 1.82) is 0 Å².